The van der Waals surface area contributed by atoms with Crippen LogP contribution in [-0.2, 0) is 5.75 Å². The molecule has 2 aromatic carbocycles. The zero-order valence-electron chi connectivity index (χ0n) is 14.7. The van der Waals surface area contributed by atoms with E-state index in [1.54, 1.807) is 30.6 Å². The molecule has 28 heavy (non-hydrogen) atoms. The fourth-order valence-corrected chi connectivity index (χ4v) is 3.76. The van der Waals surface area contributed by atoms with Crippen molar-refractivity contribution in [2.24, 2.45) is 0 Å². The molecule has 0 bridgehead atoms. The first-order valence-corrected chi connectivity index (χ1v) is 9.49. The van der Waals surface area contributed by atoms with Crippen molar-refractivity contribution in [3.8, 4) is 17.1 Å². The molecule has 0 fully saturated rings. The lowest BCUT2D eigenvalue weighted by molar-refractivity contribution is -0.385. The summed E-state index contributed by atoms with van der Waals surface area (Å²) in [5.41, 5.74) is 2.56. The Morgan fingerprint density at radius 1 is 0.929 bits per heavy atom. The number of nitrogens with zero attached hydrogens (tertiary/aromatic N) is 5. The third-order valence-electron chi connectivity index (χ3n) is 4.13. The van der Waals surface area contributed by atoms with E-state index in [-0.39, 0.29) is 10.6 Å². The van der Waals surface area contributed by atoms with Crippen molar-refractivity contribution in [3.05, 3.63) is 94.8 Å². The van der Waals surface area contributed by atoms with Crippen molar-refractivity contribution < 1.29 is 4.92 Å². The Morgan fingerprint density at radius 3 is 2.39 bits per heavy atom. The van der Waals surface area contributed by atoms with Gasteiger partial charge in [0.2, 0.25) is 0 Å². The number of pyridine rings is 1. The molecular formula is C20H15N5O2S. The second-order valence-corrected chi connectivity index (χ2v) is 6.83. The molecule has 8 heteroatoms. The maximum absolute atomic E-state index is 11.3. The normalized spacial score (nSPS) is 10.7. The third-order valence-corrected chi connectivity index (χ3v) is 5.11. The third kappa shape index (κ3) is 3.63. The quantitative estimate of drug-likeness (QED) is 0.274. The van der Waals surface area contributed by atoms with E-state index < -0.39 is 0 Å². The highest BCUT2D eigenvalue weighted by Crippen LogP contribution is 2.31. The van der Waals surface area contributed by atoms with Gasteiger partial charge in [0, 0.05) is 41.0 Å². The van der Waals surface area contributed by atoms with Crippen LogP contribution in [0, 0.1) is 10.1 Å². The average molecular weight is 389 g/mol. The molecule has 2 heterocycles. The average Bonchev–Trinajstić information content (AvgIpc) is 3.17. The summed E-state index contributed by atoms with van der Waals surface area (Å²) in [5.74, 6) is 1.11. The summed E-state index contributed by atoms with van der Waals surface area (Å²) < 4.78 is 1.95. The number of thioether (sulfide) groups is 1. The van der Waals surface area contributed by atoms with Gasteiger partial charge in [0.05, 0.1) is 4.92 Å². The molecule has 0 aliphatic carbocycles. The molecule has 0 spiro atoms. The molecule has 138 valence electrons. The number of rotatable bonds is 6. The molecular weight excluding hydrogens is 374 g/mol. The predicted molar refractivity (Wildman–Crippen MR) is 107 cm³/mol. The van der Waals surface area contributed by atoms with Crippen molar-refractivity contribution >= 4 is 17.4 Å². The van der Waals surface area contributed by atoms with E-state index in [0.29, 0.717) is 22.3 Å². The standard InChI is InChI=1S/C20H15N5O2S/c26-25(27)18-9-5-4-6-16(18)14-28-20-23-22-19(15-10-12-21-13-11-15)24(20)17-7-2-1-3-8-17/h1-13H,14H2. The molecule has 0 saturated heterocycles. The van der Waals surface area contributed by atoms with E-state index in [9.17, 15) is 10.1 Å². The first-order chi connectivity index (χ1) is 13.7. The van der Waals surface area contributed by atoms with Gasteiger partial charge >= 0.3 is 0 Å². The molecule has 0 atom stereocenters. The lowest BCUT2D eigenvalue weighted by atomic mass is 10.2. The van der Waals surface area contributed by atoms with Crippen LogP contribution in [0.2, 0.25) is 0 Å². The maximum Gasteiger partial charge on any atom is 0.273 e. The van der Waals surface area contributed by atoms with Crippen molar-refractivity contribution in [3.63, 3.8) is 0 Å². The van der Waals surface area contributed by atoms with Crippen LogP contribution in [0.3, 0.4) is 0 Å². The first-order valence-electron chi connectivity index (χ1n) is 8.50. The first kappa shape index (κ1) is 17.9. The van der Waals surface area contributed by atoms with Crippen molar-refractivity contribution in [1.29, 1.82) is 0 Å². The van der Waals surface area contributed by atoms with Crippen molar-refractivity contribution in [2.75, 3.05) is 0 Å². The lowest BCUT2D eigenvalue weighted by Crippen LogP contribution is -2.00. The van der Waals surface area contributed by atoms with Crippen molar-refractivity contribution in [2.45, 2.75) is 10.9 Å². The maximum atomic E-state index is 11.3. The van der Waals surface area contributed by atoms with Crippen LogP contribution in [0.5, 0.6) is 0 Å². The number of benzene rings is 2. The fraction of sp³-hybridized carbons (Fsp3) is 0.0500. The minimum atomic E-state index is -0.361. The summed E-state index contributed by atoms with van der Waals surface area (Å²) in [4.78, 5) is 15.0. The van der Waals surface area contributed by atoms with Gasteiger partial charge < -0.3 is 0 Å². The number of nitro benzene ring substituents is 1. The number of hydrogen-bond acceptors (Lipinski definition) is 6. The van der Waals surface area contributed by atoms with Crippen LogP contribution in [-0.4, -0.2) is 24.7 Å². The zero-order chi connectivity index (χ0) is 19.3. The number of para-hydroxylation sites is 2. The van der Waals surface area contributed by atoms with E-state index in [1.165, 1.54) is 17.8 Å². The SMILES string of the molecule is O=[N+]([O-])c1ccccc1CSc1nnc(-c2ccncc2)n1-c1ccccc1. The monoisotopic (exact) mass is 389 g/mol. The van der Waals surface area contributed by atoms with E-state index in [2.05, 4.69) is 15.2 Å². The molecule has 0 amide bonds. The van der Waals surface area contributed by atoms with Gasteiger partial charge in [0.15, 0.2) is 11.0 Å². The van der Waals surface area contributed by atoms with Gasteiger partial charge in [-0.05, 0) is 24.3 Å². The molecule has 4 rings (SSSR count). The van der Waals surface area contributed by atoms with Crippen LogP contribution >= 0.6 is 11.8 Å². The minimum absolute atomic E-state index is 0.107. The summed E-state index contributed by atoms with van der Waals surface area (Å²) in [6, 6.07) is 20.3. The largest absolute Gasteiger partial charge is 0.273 e. The Hall–Kier alpha value is -3.52. The Bertz CT molecular complexity index is 1100. The minimum Gasteiger partial charge on any atom is -0.270 e. The van der Waals surface area contributed by atoms with Gasteiger partial charge in [-0.15, -0.1) is 10.2 Å². The molecule has 0 aliphatic rings. The molecule has 0 unspecified atom stereocenters. The van der Waals surface area contributed by atoms with E-state index in [4.69, 9.17) is 0 Å². The van der Waals surface area contributed by atoms with E-state index in [1.807, 2.05) is 47.0 Å². The summed E-state index contributed by atoms with van der Waals surface area (Å²) in [6.07, 6.45) is 3.42. The Morgan fingerprint density at radius 2 is 1.64 bits per heavy atom. The smallest absolute Gasteiger partial charge is 0.270 e. The van der Waals surface area contributed by atoms with Gasteiger partial charge in [-0.2, -0.15) is 0 Å². The highest BCUT2D eigenvalue weighted by atomic mass is 32.2. The molecule has 0 saturated carbocycles. The second-order valence-electron chi connectivity index (χ2n) is 5.89. The summed E-state index contributed by atoms with van der Waals surface area (Å²) >= 11 is 1.41. The predicted octanol–water partition coefficient (Wildman–Crippen LogP) is 4.53. The zero-order valence-corrected chi connectivity index (χ0v) is 15.5. The molecule has 2 aromatic heterocycles. The van der Waals surface area contributed by atoms with E-state index in [0.717, 1.165) is 11.3 Å². The molecule has 7 nitrogen and oxygen atoms in total. The van der Waals surface area contributed by atoms with E-state index >= 15 is 0 Å². The lowest BCUT2D eigenvalue weighted by Gasteiger charge is -2.10. The number of hydrogen-bond donors (Lipinski definition) is 0. The van der Waals surface area contributed by atoms with Crippen molar-refractivity contribution in [1.82, 2.24) is 19.7 Å². The molecule has 0 aliphatic heterocycles. The Labute approximate surface area is 165 Å². The molecule has 4 aromatic rings. The van der Waals surface area contributed by atoms with Gasteiger partial charge in [0.25, 0.3) is 5.69 Å². The summed E-state index contributed by atoms with van der Waals surface area (Å²) in [7, 11) is 0. The Kier molecular flexibility index (Phi) is 5.11. The van der Waals surface area contributed by atoms with Gasteiger partial charge in [-0.3, -0.25) is 19.7 Å². The molecule has 0 radical (unpaired) electrons. The van der Waals surface area contributed by atoms with Crippen LogP contribution in [0.25, 0.3) is 17.1 Å². The van der Waals surface area contributed by atoms with Gasteiger partial charge in [0.1, 0.15) is 0 Å². The van der Waals surface area contributed by atoms with Gasteiger partial charge in [-0.25, -0.2) is 0 Å². The highest BCUT2D eigenvalue weighted by Gasteiger charge is 2.18. The fourth-order valence-electron chi connectivity index (χ4n) is 2.81. The molecule has 0 N–H and O–H groups in total. The second kappa shape index (κ2) is 8.01. The Balaban J connectivity index is 1.72. The number of nitro groups is 1. The van der Waals surface area contributed by atoms with Crippen LogP contribution in [0.4, 0.5) is 5.69 Å². The number of aromatic nitrogens is 4. The van der Waals surface area contributed by atoms with Crippen LogP contribution in [0.1, 0.15) is 5.56 Å². The topological polar surface area (TPSA) is 86.7 Å². The van der Waals surface area contributed by atoms with Crippen LogP contribution in [0.15, 0.2) is 84.3 Å². The summed E-state index contributed by atoms with van der Waals surface area (Å²) in [5, 5.41) is 20.6. The summed E-state index contributed by atoms with van der Waals surface area (Å²) in [6.45, 7) is 0. The van der Waals surface area contributed by atoms with Crippen LogP contribution < -0.4 is 0 Å². The van der Waals surface area contributed by atoms with Gasteiger partial charge in [-0.1, -0.05) is 48.2 Å². The highest BCUT2D eigenvalue weighted by molar-refractivity contribution is 7.98.